The van der Waals surface area contributed by atoms with Crippen LogP contribution >= 0.6 is 15.9 Å². The van der Waals surface area contributed by atoms with Crippen molar-refractivity contribution in [1.29, 1.82) is 0 Å². The van der Waals surface area contributed by atoms with E-state index >= 15 is 0 Å². The number of halogens is 1. The van der Waals surface area contributed by atoms with Gasteiger partial charge in [-0.1, -0.05) is 6.07 Å². The second kappa shape index (κ2) is 2.80. The Balaban J connectivity index is 2.28. The van der Waals surface area contributed by atoms with Gasteiger partial charge in [-0.05, 0) is 22.0 Å². The third-order valence-corrected chi connectivity index (χ3v) is 2.42. The molecule has 1 saturated heterocycles. The summed E-state index contributed by atoms with van der Waals surface area (Å²) >= 11 is 3.23. The van der Waals surface area contributed by atoms with Crippen LogP contribution in [-0.2, 0) is 10.3 Å². The zero-order chi connectivity index (χ0) is 8.60. The van der Waals surface area contributed by atoms with Crippen LogP contribution in [0.3, 0.4) is 0 Å². The monoisotopic (exact) mass is 229 g/mol. The zero-order valence-corrected chi connectivity index (χ0v) is 7.91. The number of pyridine rings is 1. The fourth-order valence-corrected chi connectivity index (χ4v) is 1.35. The summed E-state index contributed by atoms with van der Waals surface area (Å²) in [5.74, 6) is 0. The maximum atomic E-state index is 9.79. The topological polar surface area (TPSA) is 42.4 Å². The number of aliphatic hydroxyl groups is 1. The Morgan fingerprint density at radius 3 is 2.67 bits per heavy atom. The molecule has 0 atom stereocenters. The van der Waals surface area contributed by atoms with Crippen molar-refractivity contribution in [2.75, 3.05) is 13.2 Å². The summed E-state index contributed by atoms with van der Waals surface area (Å²) in [5, 5.41) is 9.79. The van der Waals surface area contributed by atoms with Crippen LogP contribution < -0.4 is 0 Å². The van der Waals surface area contributed by atoms with Crippen LogP contribution in [0.1, 0.15) is 5.56 Å². The third kappa shape index (κ3) is 1.26. The molecule has 0 saturated carbocycles. The molecule has 64 valence electrons. The lowest BCUT2D eigenvalue weighted by Crippen LogP contribution is -2.46. The second-order valence-electron chi connectivity index (χ2n) is 2.89. The van der Waals surface area contributed by atoms with Crippen molar-refractivity contribution in [3.8, 4) is 0 Å². The lowest BCUT2D eigenvalue weighted by molar-refractivity contribution is -0.184. The first-order valence-corrected chi connectivity index (χ1v) is 4.42. The molecule has 2 rings (SSSR count). The molecule has 2 heterocycles. The summed E-state index contributed by atoms with van der Waals surface area (Å²) in [6.45, 7) is 0.743. The molecule has 0 radical (unpaired) electrons. The Bertz CT molecular complexity index is 282. The first-order chi connectivity index (χ1) is 5.71. The lowest BCUT2D eigenvalue weighted by atomic mass is 9.94. The highest BCUT2D eigenvalue weighted by Crippen LogP contribution is 2.28. The van der Waals surface area contributed by atoms with E-state index in [0.717, 1.165) is 10.2 Å². The molecule has 12 heavy (non-hydrogen) atoms. The standard InChI is InChI=1S/C8H8BrNO2/c9-7-2-1-6(3-10-7)8(11)4-12-5-8/h1-3,11H,4-5H2. The minimum atomic E-state index is -0.798. The molecule has 0 aromatic carbocycles. The molecule has 0 bridgehead atoms. The Morgan fingerprint density at radius 2 is 2.25 bits per heavy atom. The van der Waals surface area contributed by atoms with E-state index in [0.29, 0.717) is 13.2 Å². The first kappa shape index (κ1) is 8.16. The average Bonchev–Trinajstić information content (AvgIpc) is 2.02. The van der Waals surface area contributed by atoms with Crippen molar-refractivity contribution in [3.63, 3.8) is 0 Å². The Labute approximate surface area is 78.5 Å². The molecule has 1 N–H and O–H groups in total. The summed E-state index contributed by atoms with van der Waals surface area (Å²) in [7, 11) is 0. The van der Waals surface area contributed by atoms with E-state index < -0.39 is 5.60 Å². The van der Waals surface area contributed by atoms with Crippen LogP contribution in [-0.4, -0.2) is 23.3 Å². The van der Waals surface area contributed by atoms with E-state index in [1.54, 1.807) is 6.20 Å². The highest BCUT2D eigenvalue weighted by atomic mass is 79.9. The number of aromatic nitrogens is 1. The third-order valence-electron chi connectivity index (χ3n) is 1.95. The molecule has 1 aliphatic rings. The van der Waals surface area contributed by atoms with Crippen molar-refractivity contribution < 1.29 is 9.84 Å². The smallest absolute Gasteiger partial charge is 0.137 e. The fourth-order valence-electron chi connectivity index (χ4n) is 1.11. The van der Waals surface area contributed by atoms with Crippen LogP contribution in [0.15, 0.2) is 22.9 Å². The largest absolute Gasteiger partial charge is 0.380 e. The number of ether oxygens (including phenoxy) is 1. The Hall–Kier alpha value is -0.450. The van der Waals surface area contributed by atoms with Gasteiger partial charge in [-0.15, -0.1) is 0 Å². The number of hydrogen-bond donors (Lipinski definition) is 1. The van der Waals surface area contributed by atoms with Crippen molar-refractivity contribution >= 4 is 15.9 Å². The van der Waals surface area contributed by atoms with Gasteiger partial charge in [-0.2, -0.15) is 0 Å². The molecule has 0 aliphatic carbocycles. The zero-order valence-electron chi connectivity index (χ0n) is 6.33. The molecule has 1 aromatic heterocycles. The minimum Gasteiger partial charge on any atom is -0.380 e. The van der Waals surface area contributed by atoms with Crippen LogP contribution in [0.5, 0.6) is 0 Å². The predicted octanol–water partition coefficient (Wildman–Crippen LogP) is 1.06. The van der Waals surface area contributed by atoms with Crippen LogP contribution in [0.2, 0.25) is 0 Å². The van der Waals surface area contributed by atoms with E-state index in [1.807, 2.05) is 12.1 Å². The van der Waals surface area contributed by atoms with Gasteiger partial charge in [0.25, 0.3) is 0 Å². The van der Waals surface area contributed by atoms with E-state index in [2.05, 4.69) is 20.9 Å². The second-order valence-corrected chi connectivity index (χ2v) is 3.71. The maximum absolute atomic E-state index is 9.79. The van der Waals surface area contributed by atoms with Gasteiger partial charge in [0, 0.05) is 11.8 Å². The summed E-state index contributed by atoms with van der Waals surface area (Å²) < 4.78 is 5.71. The molecule has 4 heteroatoms. The molecule has 3 nitrogen and oxygen atoms in total. The van der Waals surface area contributed by atoms with Crippen molar-refractivity contribution in [2.45, 2.75) is 5.60 Å². The van der Waals surface area contributed by atoms with Crippen molar-refractivity contribution in [2.24, 2.45) is 0 Å². The molecule has 0 unspecified atom stereocenters. The van der Waals surface area contributed by atoms with E-state index in [9.17, 15) is 5.11 Å². The minimum absolute atomic E-state index is 0.371. The number of nitrogens with zero attached hydrogens (tertiary/aromatic N) is 1. The van der Waals surface area contributed by atoms with Gasteiger partial charge in [0.15, 0.2) is 0 Å². The van der Waals surface area contributed by atoms with Gasteiger partial charge in [0.1, 0.15) is 10.2 Å². The quantitative estimate of drug-likeness (QED) is 0.733. The van der Waals surface area contributed by atoms with Crippen molar-refractivity contribution in [3.05, 3.63) is 28.5 Å². The molecule has 1 aliphatic heterocycles. The first-order valence-electron chi connectivity index (χ1n) is 3.63. The highest BCUT2D eigenvalue weighted by Gasteiger charge is 2.38. The van der Waals surface area contributed by atoms with Gasteiger partial charge < -0.3 is 9.84 Å². The van der Waals surface area contributed by atoms with Crippen LogP contribution in [0.4, 0.5) is 0 Å². The molecule has 0 amide bonds. The van der Waals surface area contributed by atoms with Gasteiger partial charge in [0.2, 0.25) is 0 Å². The molecular formula is C8H8BrNO2. The average molecular weight is 230 g/mol. The Morgan fingerprint density at radius 1 is 1.50 bits per heavy atom. The summed E-state index contributed by atoms with van der Waals surface area (Å²) in [4.78, 5) is 4.03. The maximum Gasteiger partial charge on any atom is 0.137 e. The van der Waals surface area contributed by atoms with Crippen LogP contribution in [0, 0.1) is 0 Å². The molecule has 0 spiro atoms. The summed E-state index contributed by atoms with van der Waals surface area (Å²) in [6.07, 6.45) is 1.66. The number of rotatable bonds is 1. The van der Waals surface area contributed by atoms with E-state index in [4.69, 9.17) is 4.74 Å². The van der Waals surface area contributed by atoms with Crippen LogP contribution in [0.25, 0.3) is 0 Å². The van der Waals surface area contributed by atoms with Gasteiger partial charge >= 0.3 is 0 Å². The Kier molecular flexibility index (Phi) is 1.90. The molecular weight excluding hydrogens is 222 g/mol. The normalized spacial score (nSPS) is 20.2. The van der Waals surface area contributed by atoms with E-state index in [-0.39, 0.29) is 0 Å². The fraction of sp³-hybridized carbons (Fsp3) is 0.375. The molecule has 1 fully saturated rings. The SMILES string of the molecule is OC1(c2ccc(Br)nc2)COC1. The summed E-state index contributed by atoms with van der Waals surface area (Å²) in [5.41, 5.74) is 0.0187. The number of hydrogen-bond acceptors (Lipinski definition) is 3. The predicted molar refractivity (Wildman–Crippen MR) is 46.7 cm³/mol. The lowest BCUT2D eigenvalue weighted by Gasteiger charge is -2.36. The van der Waals surface area contributed by atoms with Crippen molar-refractivity contribution in [1.82, 2.24) is 4.98 Å². The summed E-state index contributed by atoms with van der Waals surface area (Å²) in [6, 6.07) is 3.66. The highest BCUT2D eigenvalue weighted by molar-refractivity contribution is 9.10. The van der Waals surface area contributed by atoms with Gasteiger partial charge in [0.05, 0.1) is 13.2 Å². The van der Waals surface area contributed by atoms with Gasteiger partial charge in [-0.25, -0.2) is 4.98 Å². The van der Waals surface area contributed by atoms with Gasteiger partial charge in [-0.3, -0.25) is 0 Å². The molecule has 1 aromatic rings. The van der Waals surface area contributed by atoms with E-state index in [1.165, 1.54) is 0 Å².